The van der Waals surface area contributed by atoms with Crippen molar-refractivity contribution in [3.05, 3.63) is 47.5 Å². The number of hydrogen-bond donors (Lipinski definition) is 2. The fourth-order valence-electron chi connectivity index (χ4n) is 2.58. The van der Waals surface area contributed by atoms with Crippen molar-refractivity contribution in [2.45, 2.75) is 52.7 Å². The third kappa shape index (κ3) is 5.82. The van der Waals surface area contributed by atoms with Crippen LogP contribution in [-0.2, 0) is 10.6 Å². The minimum Gasteiger partial charge on any atom is -0.362 e. The van der Waals surface area contributed by atoms with Gasteiger partial charge in [-0.2, -0.15) is 0 Å². The van der Waals surface area contributed by atoms with E-state index in [4.69, 9.17) is 0 Å². The number of benzene rings is 1. The van der Waals surface area contributed by atoms with E-state index >= 15 is 0 Å². The average molecular weight is 290 g/mol. The SMILES string of the molecule is CC1=CC(=O)CC(C)(C)C1.CCC(O)(O)c1ccccc1. The lowest BCUT2D eigenvalue weighted by Gasteiger charge is -2.27. The fourth-order valence-corrected chi connectivity index (χ4v) is 2.58. The van der Waals surface area contributed by atoms with Gasteiger partial charge in [0.05, 0.1) is 0 Å². The van der Waals surface area contributed by atoms with Crippen molar-refractivity contribution in [2.24, 2.45) is 5.41 Å². The van der Waals surface area contributed by atoms with E-state index in [0.717, 1.165) is 6.42 Å². The normalized spacial score (nSPS) is 17.6. The Kier molecular flexibility index (Phi) is 5.87. The molecule has 0 aromatic heterocycles. The smallest absolute Gasteiger partial charge is 0.189 e. The highest BCUT2D eigenvalue weighted by atomic mass is 16.5. The molecule has 21 heavy (non-hydrogen) atoms. The molecule has 1 aliphatic carbocycles. The maximum atomic E-state index is 11.0. The monoisotopic (exact) mass is 290 g/mol. The summed E-state index contributed by atoms with van der Waals surface area (Å²) >= 11 is 0. The van der Waals surface area contributed by atoms with Crippen LogP contribution in [0, 0.1) is 5.41 Å². The van der Waals surface area contributed by atoms with Crippen LogP contribution in [0.5, 0.6) is 0 Å². The van der Waals surface area contributed by atoms with Crippen LogP contribution in [0.1, 0.15) is 52.5 Å². The van der Waals surface area contributed by atoms with Crippen LogP contribution in [0.2, 0.25) is 0 Å². The quantitative estimate of drug-likeness (QED) is 0.819. The van der Waals surface area contributed by atoms with Gasteiger partial charge in [0.25, 0.3) is 0 Å². The first kappa shape index (κ1) is 17.6. The van der Waals surface area contributed by atoms with E-state index in [1.54, 1.807) is 37.3 Å². The summed E-state index contributed by atoms with van der Waals surface area (Å²) in [6.45, 7) is 8.04. The molecule has 0 heterocycles. The summed E-state index contributed by atoms with van der Waals surface area (Å²) in [5.41, 5.74) is 1.97. The Labute approximate surface area is 127 Å². The van der Waals surface area contributed by atoms with Crippen LogP contribution in [0.15, 0.2) is 42.0 Å². The molecule has 0 fully saturated rings. The second kappa shape index (κ2) is 7.01. The largest absolute Gasteiger partial charge is 0.362 e. The molecule has 0 bridgehead atoms. The van der Waals surface area contributed by atoms with Crippen molar-refractivity contribution in [2.75, 3.05) is 0 Å². The van der Waals surface area contributed by atoms with Gasteiger partial charge in [-0.15, -0.1) is 0 Å². The minimum absolute atomic E-state index is 0.204. The predicted molar refractivity (Wildman–Crippen MR) is 84.6 cm³/mol. The molecule has 2 N–H and O–H groups in total. The highest BCUT2D eigenvalue weighted by molar-refractivity contribution is 5.91. The standard InChI is InChI=1S/C9H12O2.C9H14O/c1-2-9(10,11)8-6-4-3-5-7-8;1-7-4-8(10)6-9(2,3)5-7/h3-7,10-11H,2H2,1H3;4H,5-6H2,1-3H3. The third-order valence-corrected chi connectivity index (χ3v) is 3.55. The average Bonchev–Trinajstić information content (AvgIpc) is 2.37. The molecule has 116 valence electrons. The summed E-state index contributed by atoms with van der Waals surface area (Å²) in [4.78, 5) is 11.0. The van der Waals surface area contributed by atoms with Crippen LogP contribution in [0.3, 0.4) is 0 Å². The molecule has 0 saturated heterocycles. The Hall–Kier alpha value is -1.45. The number of aliphatic hydroxyl groups is 2. The van der Waals surface area contributed by atoms with Crippen LogP contribution in [0.4, 0.5) is 0 Å². The van der Waals surface area contributed by atoms with E-state index < -0.39 is 5.79 Å². The highest BCUT2D eigenvalue weighted by Crippen LogP contribution is 2.32. The van der Waals surface area contributed by atoms with Crippen molar-refractivity contribution in [1.29, 1.82) is 0 Å². The molecule has 1 aliphatic rings. The van der Waals surface area contributed by atoms with Crippen molar-refractivity contribution in [3.8, 4) is 0 Å². The Bertz CT molecular complexity index is 498. The van der Waals surface area contributed by atoms with E-state index in [1.807, 2.05) is 13.0 Å². The third-order valence-electron chi connectivity index (χ3n) is 3.55. The second-order valence-electron chi connectivity index (χ2n) is 6.51. The zero-order valence-corrected chi connectivity index (χ0v) is 13.4. The summed E-state index contributed by atoms with van der Waals surface area (Å²) in [6.07, 6.45) is 3.85. The maximum absolute atomic E-state index is 11.0. The lowest BCUT2D eigenvalue weighted by atomic mass is 9.77. The molecule has 3 nitrogen and oxygen atoms in total. The number of allylic oxidation sites excluding steroid dienone is 2. The van der Waals surface area contributed by atoms with Crippen LogP contribution in [-0.4, -0.2) is 16.0 Å². The highest BCUT2D eigenvalue weighted by Gasteiger charge is 2.25. The van der Waals surface area contributed by atoms with E-state index in [9.17, 15) is 15.0 Å². The molecule has 0 unspecified atom stereocenters. The number of rotatable bonds is 2. The second-order valence-corrected chi connectivity index (χ2v) is 6.51. The maximum Gasteiger partial charge on any atom is 0.189 e. The van der Waals surface area contributed by atoms with Crippen LogP contribution in [0.25, 0.3) is 0 Å². The van der Waals surface area contributed by atoms with Gasteiger partial charge in [-0.25, -0.2) is 0 Å². The van der Waals surface area contributed by atoms with Crippen LogP contribution < -0.4 is 0 Å². The van der Waals surface area contributed by atoms with Crippen molar-refractivity contribution in [1.82, 2.24) is 0 Å². The van der Waals surface area contributed by atoms with Gasteiger partial charge in [0.2, 0.25) is 0 Å². The fraction of sp³-hybridized carbons (Fsp3) is 0.500. The first-order valence-corrected chi connectivity index (χ1v) is 7.36. The summed E-state index contributed by atoms with van der Waals surface area (Å²) < 4.78 is 0. The Morgan fingerprint density at radius 1 is 1.14 bits per heavy atom. The molecule has 0 spiro atoms. The molecular weight excluding hydrogens is 264 g/mol. The van der Waals surface area contributed by atoms with E-state index in [1.165, 1.54) is 5.57 Å². The van der Waals surface area contributed by atoms with Gasteiger partial charge in [0.15, 0.2) is 11.6 Å². The van der Waals surface area contributed by atoms with Crippen LogP contribution >= 0.6 is 0 Å². The first-order chi connectivity index (χ1) is 9.66. The zero-order valence-electron chi connectivity index (χ0n) is 13.4. The summed E-state index contributed by atoms with van der Waals surface area (Å²) in [5.74, 6) is -1.38. The van der Waals surface area contributed by atoms with Crippen molar-refractivity contribution in [3.63, 3.8) is 0 Å². The molecule has 0 atom stereocenters. The number of carbonyl (C=O) groups excluding carboxylic acids is 1. The lowest BCUT2D eigenvalue weighted by Crippen LogP contribution is -2.23. The van der Waals surface area contributed by atoms with Gasteiger partial charge in [-0.1, -0.05) is 56.7 Å². The molecule has 0 amide bonds. The van der Waals surface area contributed by atoms with E-state index in [0.29, 0.717) is 18.4 Å². The van der Waals surface area contributed by atoms with Gasteiger partial charge in [-0.05, 0) is 24.8 Å². The van der Waals surface area contributed by atoms with Gasteiger partial charge in [0, 0.05) is 18.4 Å². The number of ketones is 1. The number of carbonyl (C=O) groups is 1. The first-order valence-electron chi connectivity index (χ1n) is 7.36. The summed E-state index contributed by atoms with van der Waals surface area (Å²) in [7, 11) is 0. The van der Waals surface area contributed by atoms with Crippen molar-refractivity contribution >= 4 is 5.78 Å². The summed E-state index contributed by atoms with van der Waals surface area (Å²) in [5, 5.41) is 18.7. The molecule has 0 saturated carbocycles. The Morgan fingerprint density at radius 2 is 1.71 bits per heavy atom. The van der Waals surface area contributed by atoms with Gasteiger partial charge in [0.1, 0.15) is 0 Å². The Morgan fingerprint density at radius 3 is 2.14 bits per heavy atom. The summed E-state index contributed by atoms with van der Waals surface area (Å²) in [6, 6.07) is 8.81. The predicted octanol–water partition coefficient (Wildman–Crippen LogP) is 3.56. The zero-order chi connectivity index (χ0) is 16.1. The lowest BCUT2D eigenvalue weighted by molar-refractivity contribution is -0.171. The molecule has 0 radical (unpaired) electrons. The molecule has 3 heteroatoms. The topological polar surface area (TPSA) is 57.5 Å². The van der Waals surface area contributed by atoms with E-state index in [-0.39, 0.29) is 11.2 Å². The van der Waals surface area contributed by atoms with Gasteiger partial charge >= 0.3 is 0 Å². The molecule has 2 rings (SSSR count). The van der Waals surface area contributed by atoms with Crippen molar-refractivity contribution < 1.29 is 15.0 Å². The minimum atomic E-state index is -1.67. The Balaban J connectivity index is 0.000000211. The molecule has 1 aromatic carbocycles. The number of hydrogen-bond acceptors (Lipinski definition) is 3. The van der Waals surface area contributed by atoms with E-state index in [2.05, 4.69) is 13.8 Å². The molecule has 0 aliphatic heterocycles. The molecular formula is C18H26O3. The van der Waals surface area contributed by atoms with Gasteiger partial charge in [-0.3, -0.25) is 4.79 Å². The molecule has 1 aromatic rings. The van der Waals surface area contributed by atoms with Gasteiger partial charge < -0.3 is 10.2 Å².